The van der Waals surface area contributed by atoms with Gasteiger partial charge in [-0.05, 0) is 37.0 Å². The minimum atomic E-state index is -0.670. The van der Waals surface area contributed by atoms with Gasteiger partial charge in [-0.15, -0.1) is 0 Å². The number of nitrogens with one attached hydrogen (secondary N) is 2. The maximum Gasteiger partial charge on any atom is 0.271 e. The van der Waals surface area contributed by atoms with Gasteiger partial charge in [-0.3, -0.25) is 9.59 Å². The smallest absolute Gasteiger partial charge is 0.271 e. The summed E-state index contributed by atoms with van der Waals surface area (Å²) in [5, 5.41) is 7.02. The number of primary amides is 1. The van der Waals surface area contributed by atoms with E-state index in [1.54, 1.807) is 4.90 Å². The van der Waals surface area contributed by atoms with Crippen molar-refractivity contribution >= 4 is 40.0 Å². The zero-order valence-electron chi connectivity index (χ0n) is 14.2. The Labute approximate surface area is 154 Å². The van der Waals surface area contributed by atoms with Gasteiger partial charge in [0, 0.05) is 19.1 Å². The molecular formula is C16H19N7O2S. The van der Waals surface area contributed by atoms with Crippen LogP contribution in [-0.4, -0.2) is 50.2 Å². The Morgan fingerprint density at radius 3 is 2.96 bits per heavy atom. The van der Waals surface area contributed by atoms with Gasteiger partial charge in [-0.2, -0.15) is 4.37 Å². The quantitative estimate of drug-likeness (QED) is 0.651. The van der Waals surface area contributed by atoms with Crippen LogP contribution in [0.2, 0.25) is 0 Å². The fourth-order valence-corrected chi connectivity index (χ4v) is 3.34. The molecule has 3 rings (SSSR count). The lowest BCUT2D eigenvalue weighted by Crippen LogP contribution is -2.30. The molecule has 0 bridgehead atoms. The maximum absolute atomic E-state index is 11.7. The van der Waals surface area contributed by atoms with Crippen LogP contribution in [0.15, 0.2) is 24.9 Å². The van der Waals surface area contributed by atoms with Gasteiger partial charge in [0.05, 0.1) is 11.9 Å². The molecule has 1 atom stereocenters. The van der Waals surface area contributed by atoms with Crippen molar-refractivity contribution in [2.45, 2.75) is 19.4 Å². The minimum Gasteiger partial charge on any atom is -0.364 e. The molecule has 1 saturated heterocycles. The Morgan fingerprint density at radius 2 is 2.31 bits per heavy atom. The molecule has 3 heterocycles. The summed E-state index contributed by atoms with van der Waals surface area (Å²) in [5.74, 6) is 0.00333. The van der Waals surface area contributed by atoms with E-state index in [1.807, 2.05) is 13.0 Å². The first-order chi connectivity index (χ1) is 12.5. The summed E-state index contributed by atoms with van der Waals surface area (Å²) < 4.78 is 4.18. The van der Waals surface area contributed by atoms with Gasteiger partial charge in [-0.1, -0.05) is 6.58 Å². The molecule has 26 heavy (non-hydrogen) atoms. The van der Waals surface area contributed by atoms with Crippen LogP contribution < -0.4 is 16.4 Å². The van der Waals surface area contributed by atoms with Gasteiger partial charge in [0.25, 0.3) is 5.91 Å². The molecule has 136 valence electrons. The monoisotopic (exact) mass is 373 g/mol. The number of anilines is 3. The Kier molecular flexibility index (Phi) is 5.12. The second-order valence-corrected chi connectivity index (χ2v) is 6.70. The standard InChI is InChI=1S/C16H19N7O2S/c1-3-13(24)23-5-4-10(8-23)19-11-7-18-14(15(17)25)16(20-11)21-12-6-9(2)22-26-12/h3,6-7,10H,1,4-5,8H2,2H3,(H2,17,25)(H2,19,20,21)/t10-/m1/s1. The molecule has 0 aliphatic carbocycles. The second kappa shape index (κ2) is 7.48. The lowest BCUT2D eigenvalue weighted by Gasteiger charge is -2.16. The molecule has 0 spiro atoms. The van der Waals surface area contributed by atoms with E-state index in [-0.39, 0.29) is 23.5 Å². The minimum absolute atomic E-state index is 0.0473. The van der Waals surface area contributed by atoms with Gasteiger partial charge < -0.3 is 21.3 Å². The number of carbonyl (C=O) groups excluding carboxylic acids is 2. The largest absolute Gasteiger partial charge is 0.364 e. The van der Waals surface area contributed by atoms with E-state index in [1.165, 1.54) is 23.8 Å². The molecular weight excluding hydrogens is 354 g/mol. The summed E-state index contributed by atoms with van der Waals surface area (Å²) in [6, 6.07) is 1.89. The SMILES string of the molecule is C=CC(=O)N1CC[C@@H](Nc2cnc(C(N)=O)c(Nc3cc(C)ns3)n2)C1. The number of nitrogens with zero attached hydrogens (tertiary/aromatic N) is 4. The first kappa shape index (κ1) is 17.8. The molecule has 2 amide bonds. The lowest BCUT2D eigenvalue weighted by atomic mass is 10.2. The molecule has 0 aromatic carbocycles. The molecule has 2 aromatic heterocycles. The van der Waals surface area contributed by atoms with Crippen molar-refractivity contribution in [2.24, 2.45) is 5.73 Å². The van der Waals surface area contributed by atoms with Crippen LogP contribution in [0.1, 0.15) is 22.6 Å². The van der Waals surface area contributed by atoms with Crippen molar-refractivity contribution in [2.75, 3.05) is 23.7 Å². The van der Waals surface area contributed by atoms with Crippen molar-refractivity contribution < 1.29 is 9.59 Å². The predicted molar refractivity (Wildman–Crippen MR) is 99.5 cm³/mol. The number of hydrogen-bond acceptors (Lipinski definition) is 8. The van der Waals surface area contributed by atoms with Crippen molar-refractivity contribution in [1.29, 1.82) is 0 Å². The fourth-order valence-electron chi connectivity index (χ4n) is 2.68. The van der Waals surface area contributed by atoms with Gasteiger partial charge >= 0.3 is 0 Å². The molecule has 0 unspecified atom stereocenters. The van der Waals surface area contributed by atoms with Crippen molar-refractivity contribution in [3.63, 3.8) is 0 Å². The Hall–Kier alpha value is -3.01. The van der Waals surface area contributed by atoms with E-state index < -0.39 is 5.91 Å². The highest BCUT2D eigenvalue weighted by Crippen LogP contribution is 2.24. The topological polar surface area (TPSA) is 126 Å². The third-order valence-corrected chi connectivity index (χ3v) is 4.70. The van der Waals surface area contributed by atoms with Crippen LogP contribution in [-0.2, 0) is 4.79 Å². The number of hydrogen-bond donors (Lipinski definition) is 3. The summed E-state index contributed by atoms with van der Waals surface area (Å²) in [5.41, 5.74) is 6.30. The zero-order chi connectivity index (χ0) is 18.7. The summed E-state index contributed by atoms with van der Waals surface area (Å²) in [6.45, 7) is 6.59. The predicted octanol–water partition coefficient (Wildman–Crippen LogP) is 1.28. The molecule has 1 aliphatic rings. The van der Waals surface area contributed by atoms with E-state index in [0.717, 1.165) is 17.1 Å². The van der Waals surface area contributed by atoms with Crippen LogP contribution in [0.5, 0.6) is 0 Å². The van der Waals surface area contributed by atoms with E-state index in [2.05, 4.69) is 31.6 Å². The summed E-state index contributed by atoms with van der Waals surface area (Å²) >= 11 is 1.25. The van der Waals surface area contributed by atoms with E-state index in [4.69, 9.17) is 5.73 Å². The average Bonchev–Trinajstić information content (AvgIpc) is 3.23. The number of nitrogens with two attached hydrogens (primary N) is 1. The summed E-state index contributed by atoms with van der Waals surface area (Å²) in [7, 11) is 0. The molecule has 0 radical (unpaired) electrons. The first-order valence-corrected chi connectivity index (χ1v) is 8.78. The molecule has 10 heteroatoms. The van der Waals surface area contributed by atoms with Gasteiger partial charge in [-0.25, -0.2) is 9.97 Å². The molecule has 9 nitrogen and oxygen atoms in total. The van der Waals surface area contributed by atoms with Crippen LogP contribution >= 0.6 is 11.5 Å². The third kappa shape index (κ3) is 3.97. The third-order valence-electron chi connectivity index (χ3n) is 3.90. The highest BCUT2D eigenvalue weighted by atomic mass is 32.1. The molecule has 4 N–H and O–H groups in total. The second-order valence-electron chi connectivity index (χ2n) is 5.89. The van der Waals surface area contributed by atoms with Crippen LogP contribution in [0.3, 0.4) is 0 Å². The zero-order valence-corrected chi connectivity index (χ0v) is 15.0. The summed E-state index contributed by atoms with van der Waals surface area (Å²) in [4.78, 5) is 33.6. The van der Waals surface area contributed by atoms with Crippen LogP contribution in [0.25, 0.3) is 0 Å². The Morgan fingerprint density at radius 1 is 1.50 bits per heavy atom. The molecule has 1 aliphatic heterocycles. The Balaban J connectivity index is 1.76. The molecule has 2 aromatic rings. The Bertz CT molecular complexity index is 851. The van der Waals surface area contributed by atoms with Crippen molar-refractivity contribution in [3.05, 3.63) is 36.3 Å². The van der Waals surface area contributed by atoms with Gasteiger partial charge in [0.1, 0.15) is 10.8 Å². The van der Waals surface area contributed by atoms with Gasteiger partial charge in [0.2, 0.25) is 5.91 Å². The maximum atomic E-state index is 11.7. The van der Waals surface area contributed by atoms with E-state index >= 15 is 0 Å². The number of rotatable bonds is 6. The van der Waals surface area contributed by atoms with Crippen molar-refractivity contribution in [3.8, 4) is 0 Å². The lowest BCUT2D eigenvalue weighted by molar-refractivity contribution is -0.125. The van der Waals surface area contributed by atoms with Crippen LogP contribution in [0, 0.1) is 6.92 Å². The fraction of sp³-hybridized carbons (Fsp3) is 0.312. The molecule has 1 fully saturated rings. The van der Waals surface area contributed by atoms with E-state index in [0.29, 0.717) is 18.9 Å². The van der Waals surface area contributed by atoms with E-state index in [9.17, 15) is 9.59 Å². The van der Waals surface area contributed by atoms with Crippen molar-refractivity contribution in [1.82, 2.24) is 19.2 Å². The van der Waals surface area contributed by atoms with Gasteiger partial charge in [0.15, 0.2) is 11.5 Å². The highest BCUT2D eigenvalue weighted by Gasteiger charge is 2.25. The number of likely N-dealkylation sites (tertiary alicyclic amines) is 1. The normalized spacial score (nSPS) is 16.3. The molecule has 0 saturated carbocycles. The number of carbonyl (C=O) groups is 2. The number of aromatic nitrogens is 3. The highest BCUT2D eigenvalue weighted by molar-refractivity contribution is 7.10. The average molecular weight is 373 g/mol. The summed E-state index contributed by atoms with van der Waals surface area (Å²) in [6.07, 6.45) is 3.56. The number of aryl methyl sites for hydroxylation is 1. The first-order valence-electron chi connectivity index (χ1n) is 8.01. The van der Waals surface area contributed by atoms with Crippen LogP contribution in [0.4, 0.5) is 16.6 Å². The number of amides is 2.